The lowest BCUT2D eigenvalue weighted by atomic mass is 10.1. The van der Waals surface area contributed by atoms with Crippen LogP contribution in [0.3, 0.4) is 0 Å². The number of urea groups is 1. The van der Waals surface area contributed by atoms with Gasteiger partial charge in [0.05, 0.1) is 0 Å². The van der Waals surface area contributed by atoms with E-state index in [2.05, 4.69) is 5.32 Å². The van der Waals surface area contributed by atoms with E-state index in [0.29, 0.717) is 6.42 Å². The van der Waals surface area contributed by atoms with Gasteiger partial charge in [-0.15, -0.1) is 0 Å². The van der Waals surface area contributed by atoms with Crippen molar-refractivity contribution in [2.45, 2.75) is 44.7 Å². The summed E-state index contributed by atoms with van der Waals surface area (Å²) >= 11 is 0. The van der Waals surface area contributed by atoms with E-state index in [9.17, 15) is 19.2 Å². The van der Waals surface area contributed by atoms with Crippen LogP contribution in [-0.4, -0.2) is 51.3 Å². The summed E-state index contributed by atoms with van der Waals surface area (Å²) in [5, 5.41) is 30.3. The van der Waals surface area contributed by atoms with Gasteiger partial charge in [0.15, 0.2) is 0 Å². The Morgan fingerprint density at radius 2 is 1.35 bits per heavy atom. The second-order valence-electron chi connectivity index (χ2n) is 4.12. The molecule has 2 amide bonds. The summed E-state index contributed by atoms with van der Waals surface area (Å²) in [6.07, 6.45) is 0.0202. The summed E-state index contributed by atoms with van der Waals surface area (Å²) in [6.45, 7) is 1.74. The van der Waals surface area contributed by atoms with E-state index >= 15 is 0 Å². The highest BCUT2D eigenvalue weighted by atomic mass is 16.4. The lowest BCUT2D eigenvalue weighted by Gasteiger charge is -2.17. The van der Waals surface area contributed by atoms with Crippen LogP contribution in [0.4, 0.5) is 4.79 Å². The Kier molecular flexibility index (Phi) is 7.71. The molecule has 0 heterocycles. The molecule has 0 aliphatic heterocycles. The first-order valence-electron chi connectivity index (χ1n) is 6.02. The Morgan fingerprint density at radius 1 is 0.900 bits per heavy atom. The zero-order valence-corrected chi connectivity index (χ0v) is 11.0. The SMILES string of the molecule is CCCC(NC(=O)NC(CCC(=O)O)C(=O)O)C(=O)O. The summed E-state index contributed by atoms with van der Waals surface area (Å²) in [7, 11) is 0. The molecular weight excluding hydrogens is 272 g/mol. The molecule has 0 spiro atoms. The molecule has 0 saturated heterocycles. The number of amides is 2. The lowest BCUT2D eigenvalue weighted by molar-refractivity contribution is -0.140. The maximum absolute atomic E-state index is 11.5. The highest BCUT2D eigenvalue weighted by Gasteiger charge is 2.24. The third kappa shape index (κ3) is 7.19. The Bertz CT molecular complexity index is 383. The van der Waals surface area contributed by atoms with Crippen molar-refractivity contribution in [1.82, 2.24) is 10.6 Å². The normalized spacial score (nSPS) is 13.1. The minimum Gasteiger partial charge on any atom is -0.481 e. The fraction of sp³-hybridized carbons (Fsp3) is 0.636. The third-order valence-electron chi connectivity index (χ3n) is 2.43. The van der Waals surface area contributed by atoms with Crippen molar-refractivity contribution in [1.29, 1.82) is 0 Å². The molecule has 9 heteroatoms. The molecule has 114 valence electrons. The highest BCUT2D eigenvalue weighted by Crippen LogP contribution is 2.00. The number of rotatable bonds is 9. The highest BCUT2D eigenvalue weighted by molar-refractivity contribution is 5.86. The van der Waals surface area contributed by atoms with Gasteiger partial charge in [0.2, 0.25) is 0 Å². The lowest BCUT2D eigenvalue weighted by Crippen LogP contribution is -2.51. The van der Waals surface area contributed by atoms with E-state index < -0.39 is 42.4 Å². The Morgan fingerprint density at radius 3 is 1.70 bits per heavy atom. The molecule has 0 aliphatic carbocycles. The van der Waals surface area contributed by atoms with Gasteiger partial charge < -0.3 is 26.0 Å². The van der Waals surface area contributed by atoms with Crippen molar-refractivity contribution in [3.63, 3.8) is 0 Å². The van der Waals surface area contributed by atoms with E-state index in [1.54, 1.807) is 6.92 Å². The molecule has 0 aromatic heterocycles. The molecule has 0 rings (SSSR count). The smallest absolute Gasteiger partial charge is 0.326 e. The molecule has 5 N–H and O–H groups in total. The van der Waals surface area contributed by atoms with Crippen LogP contribution >= 0.6 is 0 Å². The number of carbonyl (C=O) groups is 4. The van der Waals surface area contributed by atoms with Crippen LogP contribution < -0.4 is 10.6 Å². The molecule has 9 nitrogen and oxygen atoms in total. The standard InChI is InChI=1S/C11H18N2O7/c1-2-3-6(9(16)17)12-11(20)13-7(10(18)19)4-5-8(14)15/h6-7H,2-5H2,1H3,(H,14,15)(H,16,17)(H,18,19)(H2,12,13,20). The second-order valence-corrected chi connectivity index (χ2v) is 4.12. The fourth-order valence-electron chi connectivity index (χ4n) is 1.43. The molecular formula is C11H18N2O7. The van der Waals surface area contributed by atoms with E-state index in [4.69, 9.17) is 15.3 Å². The van der Waals surface area contributed by atoms with Crippen LogP contribution in [0.5, 0.6) is 0 Å². The Hall–Kier alpha value is -2.32. The van der Waals surface area contributed by atoms with Crippen molar-refractivity contribution in [2.75, 3.05) is 0 Å². The molecule has 0 bridgehead atoms. The van der Waals surface area contributed by atoms with Gasteiger partial charge >= 0.3 is 23.9 Å². The predicted molar refractivity (Wildman–Crippen MR) is 66.3 cm³/mol. The van der Waals surface area contributed by atoms with Gasteiger partial charge in [0.1, 0.15) is 12.1 Å². The average molecular weight is 290 g/mol. The summed E-state index contributed by atoms with van der Waals surface area (Å²) in [5.74, 6) is -3.80. The van der Waals surface area contributed by atoms with Crippen LogP contribution in [0.2, 0.25) is 0 Å². The van der Waals surface area contributed by atoms with E-state index in [1.807, 2.05) is 5.32 Å². The number of carboxylic acids is 3. The maximum atomic E-state index is 11.5. The second kappa shape index (κ2) is 8.73. The fourth-order valence-corrected chi connectivity index (χ4v) is 1.43. The van der Waals surface area contributed by atoms with Crippen molar-refractivity contribution in [3.8, 4) is 0 Å². The number of hydrogen-bond donors (Lipinski definition) is 5. The monoisotopic (exact) mass is 290 g/mol. The number of hydrogen-bond acceptors (Lipinski definition) is 4. The van der Waals surface area contributed by atoms with Crippen molar-refractivity contribution in [3.05, 3.63) is 0 Å². The van der Waals surface area contributed by atoms with Crippen LogP contribution in [0, 0.1) is 0 Å². The quantitative estimate of drug-likeness (QED) is 0.396. The van der Waals surface area contributed by atoms with Crippen molar-refractivity contribution in [2.24, 2.45) is 0 Å². The van der Waals surface area contributed by atoms with Gasteiger partial charge in [-0.3, -0.25) is 4.79 Å². The third-order valence-corrected chi connectivity index (χ3v) is 2.43. The molecule has 0 aromatic rings. The number of nitrogens with one attached hydrogen (secondary N) is 2. The number of carbonyl (C=O) groups excluding carboxylic acids is 1. The largest absolute Gasteiger partial charge is 0.481 e. The molecule has 0 aromatic carbocycles. The van der Waals surface area contributed by atoms with Crippen LogP contribution in [0.25, 0.3) is 0 Å². The van der Waals surface area contributed by atoms with Crippen LogP contribution in [0.15, 0.2) is 0 Å². The van der Waals surface area contributed by atoms with E-state index in [0.717, 1.165) is 0 Å². The van der Waals surface area contributed by atoms with Crippen LogP contribution in [-0.2, 0) is 14.4 Å². The topological polar surface area (TPSA) is 153 Å². The van der Waals surface area contributed by atoms with Gasteiger partial charge in [-0.05, 0) is 12.8 Å². The molecule has 0 saturated carbocycles. The number of carboxylic acid groups (broad SMARTS) is 3. The molecule has 0 radical (unpaired) electrons. The summed E-state index contributed by atoms with van der Waals surface area (Å²) < 4.78 is 0. The Balaban J connectivity index is 4.47. The van der Waals surface area contributed by atoms with E-state index in [1.165, 1.54) is 0 Å². The number of aliphatic carboxylic acids is 3. The van der Waals surface area contributed by atoms with Gasteiger partial charge in [0.25, 0.3) is 0 Å². The molecule has 2 unspecified atom stereocenters. The maximum Gasteiger partial charge on any atom is 0.326 e. The molecule has 20 heavy (non-hydrogen) atoms. The molecule has 0 aliphatic rings. The van der Waals surface area contributed by atoms with Gasteiger partial charge in [0, 0.05) is 6.42 Å². The van der Waals surface area contributed by atoms with E-state index in [-0.39, 0.29) is 12.8 Å². The minimum absolute atomic E-state index is 0.204. The minimum atomic E-state index is -1.39. The molecule has 0 fully saturated rings. The van der Waals surface area contributed by atoms with Crippen molar-refractivity contribution < 1.29 is 34.5 Å². The molecule has 2 atom stereocenters. The summed E-state index contributed by atoms with van der Waals surface area (Å²) in [6, 6.07) is -3.46. The first-order chi connectivity index (χ1) is 9.27. The van der Waals surface area contributed by atoms with Crippen LogP contribution in [0.1, 0.15) is 32.6 Å². The first-order valence-corrected chi connectivity index (χ1v) is 6.02. The van der Waals surface area contributed by atoms with Gasteiger partial charge in [-0.25, -0.2) is 14.4 Å². The van der Waals surface area contributed by atoms with Gasteiger partial charge in [-0.2, -0.15) is 0 Å². The summed E-state index contributed by atoms with van der Waals surface area (Å²) in [5.41, 5.74) is 0. The predicted octanol–water partition coefficient (Wildman–Crippen LogP) is -0.143. The van der Waals surface area contributed by atoms with Gasteiger partial charge in [-0.1, -0.05) is 13.3 Å². The zero-order valence-electron chi connectivity index (χ0n) is 11.0. The van der Waals surface area contributed by atoms with Crippen molar-refractivity contribution >= 4 is 23.9 Å². The first kappa shape index (κ1) is 17.7. The Labute approximate surface area is 115 Å². The summed E-state index contributed by atoms with van der Waals surface area (Å²) in [4.78, 5) is 43.5. The average Bonchev–Trinajstić information content (AvgIpc) is 2.33. The zero-order chi connectivity index (χ0) is 15.7.